The molecule has 2 aromatic rings. The van der Waals surface area contributed by atoms with E-state index in [-0.39, 0.29) is 12.2 Å². The minimum atomic E-state index is -0.223. The van der Waals surface area contributed by atoms with Gasteiger partial charge in [-0.05, 0) is 43.6 Å². The fourth-order valence-electron chi connectivity index (χ4n) is 5.16. The van der Waals surface area contributed by atoms with Gasteiger partial charge >= 0.3 is 0 Å². The van der Waals surface area contributed by atoms with Crippen molar-refractivity contribution in [3.05, 3.63) is 38.3 Å². The largest absolute Gasteiger partial charge is 0.392 e. The van der Waals surface area contributed by atoms with Gasteiger partial charge < -0.3 is 14.6 Å². The molecule has 5 rings (SSSR count). The van der Waals surface area contributed by atoms with Gasteiger partial charge in [-0.2, -0.15) is 5.10 Å². The Balaban J connectivity index is 1.20. The van der Waals surface area contributed by atoms with Gasteiger partial charge in [-0.15, -0.1) is 11.3 Å². The number of piperidine rings is 1. The molecule has 2 aromatic heterocycles. The van der Waals surface area contributed by atoms with Crippen molar-refractivity contribution in [3.63, 3.8) is 0 Å². The Kier molecular flexibility index (Phi) is 6.19. The molecule has 1 spiro atoms. The molecule has 2 fully saturated rings. The number of aromatic nitrogens is 2. The molecule has 8 heteroatoms. The summed E-state index contributed by atoms with van der Waals surface area (Å²) in [5.41, 5.74) is 3.21. The Bertz CT molecular complexity index is 869. The Morgan fingerprint density at radius 3 is 2.80 bits per heavy atom. The number of thiophene rings is 1. The van der Waals surface area contributed by atoms with Crippen molar-refractivity contribution in [2.45, 2.75) is 57.4 Å². The van der Waals surface area contributed by atoms with E-state index in [2.05, 4.69) is 20.9 Å². The highest BCUT2D eigenvalue weighted by Gasteiger charge is 2.43. The van der Waals surface area contributed by atoms with Gasteiger partial charge in [0.25, 0.3) is 0 Å². The topological polar surface area (TPSA) is 59.8 Å². The quantitative estimate of drug-likeness (QED) is 0.752. The molecular formula is C22H30ClN3O3S. The summed E-state index contributed by atoms with van der Waals surface area (Å²) in [5.74, 6) is 0.681. The second kappa shape index (κ2) is 8.88. The molecule has 5 heterocycles. The molecule has 164 valence electrons. The van der Waals surface area contributed by atoms with Crippen LogP contribution in [0.3, 0.4) is 0 Å². The molecule has 6 nitrogen and oxygen atoms in total. The number of ether oxygens (including phenoxy) is 2. The number of aliphatic hydroxyl groups is 1. The lowest BCUT2D eigenvalue weighted by Gasteiger charge is -2.43. The molecule has 0 amide bonds. The number of hydrogen-bond acceptors (Lipinski definition) is 6. The standard InChI is InChI=1S/C22H30ClN3O3S/c23-21-19(15-27)18-3-10-29-22(20(18)30-21)4-6-25(7-5-22)12-17-11-24-26(14-17)13-16-1-8-28-9-2-16/h11,14,16,27H,1-10,12-13,15H2. The van der Waals surface area contributed by atoms with Crippen LogP contribution in [-0.2, 0) is 41.2 Å². The molecule has 0 saturated carbocycles. The van der Waals surface area contributed by atoms with E-state index in [4.69, 9.17) is 21.1 Å². The molecule has 3 aliphatic rings. The smallest absolute Gasteiger partial charge is 0.105 e. The van der Waals surface area contributed by atoms with Crippen LogP contribution >= 0.6 is 22.9 Å². The fourth-order valence-corrected chi connectivity index (χ4v) is 6.85. The number of aliphatic hydroxyl groups excluding tert-OH is 1. The average Bonchev–Trinajstić information content (AvgIpc) is 3.34. The summed E-state index contributed by atoms with van der Waals surface area (Å²) in [5, 5.41) is 14.3. The second-order valence-electron chi connectivity index (χ2n) is 8.82. The van der Waals surface area contributed by atoms with Gasteiger partial charge in [0.05, 0.1) is 23.7 Å². The molecule has 0 radical (unpaired) electrons. The molecule has 0 aromatic carbocycles. The van der Waals surface area contributed by atoms with Crippen molar-refractivity contribution < 1.29 is 14.6 Å². The van der Waals surface area contributed by atoms with Crippen molar-refractivity contribution in [1.82, 2.24) is 14.7 Å². The normalized spacial score (nSPS) is 22.5. The SMILES string of the molecule is OCc1c(Cl)sc2c1CCOC21CCN(Cc2cnn(CC3CCOCC3)c2)CC1. The number of rotatable bonds is 5. The van der Waals surface area contributed by atoms with Gasteiger partial charge in [0.15, 0.2) is 0 Å². The highest BCUT2D eigenvalue weighted by Crippen LogP contribution is 2.48. The third kappa shape index (κ3) is 4.08. The van der Waals surface area contributed by atoms with Crippen molar-refractivity contribution >= 4 is 22.9 Å². The van der Waals surface area contributed by atoms with Gasteiger partial charge in [-0.3, -0.25) is 9.58 Å². The minimum absolute atomic E-state index is 0.0186. The minimum Gasteiger partial charge on any atom is -0.392 e. The molecule has 0 aliphatic carbocycles. The van der Waals surface area contributed by atoms with Crippen LogP contribution in [0.4, 0.5) is 0 Å². The van der Waals surface area contributed by atoms with E-state index in [9.17, 15) is 5.11 Å². The zero-order valence-corrected chi connectivity index (χ0v) is 18.9. The van der Waals surface area contributed by atoms with Crippen LogP contribution < -0.4 is 0 Å². The molecular weight excluding hydrogens is 422 g/mol. The highest BCUT2D eigenvalue weighted by atomic mass is 35.5. The van der Waals surface area contributed by atoms with E-state index in [1.165, 1.54) is 16.0 Å². The number of likely N-dealkylation sites (tertiary alicyclic amines) is 1. The van der Waals surface area contributed by atoms with Crippen molar-refractivity contribution in [1.29, 1.82) is 0 Å². The van der Waals surface area contributed by atoms with Crippen molar-refractivity contribution in [2.75, 3.05) is 32.9 Å². The maximum absolute atomic E-state index is 9.72. The average molecular weight is 452 g/mol. The van der Waals surface area contributed by atoms with E-state index in [1.807, 2.05) is 6.20 Å². The number of hydrogen-bond donors (Lipinski definition) is 1. The van der Waals surface area contributed by atoms with Crippen LogP contribution in [0.25, 0.3) is 0 Å². The first-order chi connectivity index (χ1) is 14.7. The van der Waals surface area contributed by atoms with Gasteiger partial charge in [0.2, 0.25) is 0 Å². The molecule has 0 unspecified atom stereocenters. The lowest BCUT2D eigenvalue weighted by molar-refractivity contribution is -0.0962. The first-order valence-electron chi connectivity index (χ1n) is 11.0. The predicted molar refractivity (Wildman–Crippen MR) is 117 cm³/mol. The van der Waals surface area contributed by atoms with Crippen LogP contribution in [0, 0.1) is 5.92 Å². The van der Waals surface area contributed by atoms with Crippen molar-refractivity contribution in [3.8, 4) is 0 Å². The summed E-state index contributed by atoms with van der Waals surface area (Å²) >= 11 is 8.03. The zero-order valence-electron chi connectivity index (χ0n) is 17.3. The number of halogens is 1. The Morgan fingerprint density at radius 1 is 1.23 bits per heavy atom. The Morgan fingerprint density at radius 2 is 2.03 bits per heavy atom. The second-order valence-corrected chi connectivity index (χ2v) is 10.4. The van der Waals surface area contributed by atoms with Gasteiger partial charge in [-0.25, -0.2) is 0 Å². The molecule has 3 aliphatic heterocycles. The zero-order chi connectivity index (χ0) is 20.6. The van der Waals surface area contributed by atoms with Crippen LogP contribution in [0.1, 0.15) is 47.3 Å². The lowest BCUT2D eigenvalue weighted by Crippen LogP contribution is -2.45. The molecule has 1 N–H and O–H groups in total. The van der Waals surface area contributed by atoms with E-state index in [0.717, 1.165) is 81.4 Å². The van der Waals surface area contributed by atoms with E-state index in [0.29, 0.717) is 12.5 Å². The van der Waals surface area contributed by atoms with Crippen LogP contribution in [0.5, 0.6) is 0 Å². The molecule has 0 bridgehead atoms. The van der Waals surface area contributed by atoms with Crippen LogP contribution in [0.2, 0.25) is 4.34 Å². The molecule has 2 saturated heterocycles. The third-order valence-electron chi connectivity index (χ3n) is 6.91. The predicted octanol–water partition coefficient (Wildman–Crippen LogP) is 3.58. The van der Waals surface area contributed by atoms with Crippen LogP contribution in [0.15, 0.2) is 12.4 Å². The third-order valence-corrected chi connectivity index (χ3v) is 8.62. The van der Waals surface area contributed by atoms with Crippen LogP contribution in [-0.4, -0.2) is 52.7 Å². The summed E-state index contributed by atoms with van der Waals surface area (Å²) in [6.45, 7) is 6.42. The summed E-state index contributed by atoms with van der Waals surface area (Å²) in [4.78, 5) is 3.76. The summed E-state index contributed by atoms with van der Waals surface area (Å²) < 4.78 is 14.6. The highest BCUT2D eigenvalue weighted by molar-refractivity contribution is 7.16. The first kappa shape index (κ1) is 20.9. The van der Waals surface area contributed by atoms with E-state index in [1.54, 1.807) is 11.3 Å². The summed E-state index contributed by atoms with van der Waals surface area (Å²) in [6, 6.07) is 0. The Labute approximate surface area is 186 Å². The van der Waals surface area contributed by atoms with Gasteiger partial charge in [0.1, 0.15) is 5.60 Å². The summed E-state index contributed by atoms with van der Waals surface area (Å²) in [7, 11) is 0. The fraction of sp³-hybridized carbons (Fsp3) is 0.682. The Hall–Kier alpha value is -0.960. The summed E-state index contributed by atoms with van der Waals surface area (Å²) in [6.07, 6.45) is 9.29. The molecule has 30 heavy (non-hydrogen) atoms. The van der Waals surface area contributed by atoms with E-state index >= 15 is 0 Å². The lowest BCUT2D eigenvalue weighted by atomic mass is 9.84. The van der Waals surface area contributed by atoms with Crippen molar-refractivity contribution in [2.24, 2.45) is 5.92 Å². The monoisotopic (exact) mass is 451 g/mol. The van der Waals surface area contributed by atoms with Gasteiger partial charge in [0, 0.05) is 61.6 Å². The number of fused-ring (bicyclic) bond motifs is 2. The maximum atomic E-state index is 9.72. The first-order valence-corrected chi connectivity index (χ1v) is 12.2. The van der Waals surface area contributed by atoms with Gasteiger partial charge in [-0.1, -0.05) is 11.6 Å². The molecule has 0 atom stereocenters. The number of nitrogens with zero attached hydrogens (tertiary/aromatic N) is 3. The maximum Gasteiger partial charge on any atom is 0.105 e. The van der Waals surface area contributed by atoms with E-state index < -0.39 is 0 Å².